The number of methoxy groups -OCH3 is 2. The lowest BCUT2D eigenvalue weighted by molar-refractivity contribution is 0.353. The fourth-order valence-corrected chi connectivity index (χ4v) is 2.86. The van der Waals surface area contributed by atoms with E-state index in [1.807, 2.05) is 0 Å². The van der Waals surface area contributed by atoms with Gasteiger partial charge in [-0.1, -0.05) is 0 Å². The number of ether oxygens (including phenoxy) is 2. The van der Waals surface area contributed by atoms with E-state index in [-0.39, 0.29) is 0 Å². The fourth-order valence-electron chi connectivity index (χ4n) is 1.90. The maximum atomic E-state index is 11.8. The van der Waals surface area contributed by atoms with Gasteiger partial charge in [-0.2, -0.15) is 0 Å². The van der Waals surface area contributed by atoms with Crippen molar-refractivity contribution in [2.45, 2.75) is 24.2 Å². The van der Waals surface area contributed by atoms with Crippen LogP contribution in [0.2, 0.25) is 0 Å². The Bertz CT molecular complexity index is 526. The van der Waals surface area contributed by atoms with E-state index in [2.05, 4.69) is 0 Å². The predicted octanol–water partition coefficient (Wildman–Crippen LogP) is 1.39. The average Bonchev–Trinajstić information content (AvgIpc) is 2.37. The summed E-state index contributed by atoms with van der Waals surface area (Å²) in [5.74, 6) is 0.961. The standard InChI is InChI=1S/C13H21NO4S/c1-17-11-8-10(6-4-5-7-14)13(19(3,15)16)9-12(11)18-2/h8-9H,4-7,14H2,1-3H3. The number of nitrogens with two attached hydrogens (primary N) is 1. The molecule has 0 fully saturated rings. The van der Waals surface area contributed by atoms with Crippen LogP contribution in [0.4, 0.5) is 0 Å². The number of hydrogen-bond donors (Lipinski definition) is 1. The maximum Gasteiger partial charge on any atom is 0.175 e. The van der Waals surface area contributed by atoms with Gasteiger partial charge in [-0.05, 0) is 37.4 Å². The molecule has 108 valence electrons. The highest BCUT2D eigenvalue weighted by Gasteiger charge is 2.18. The van der Waals surface area contributed by atoms with Crippen LogP contribution in [0.1, 0.15) is 18.4 Å². The zero-order valence-electron chi connectivity index (χ0n) is 11.6. The molecule has 0 spiro atoms. The Balaban J connectivity index is 3.24. The number of rotatable bonds is 7. The van der Waals surface area contributed by atoms with Crippen molar-refractivity contribution < 1.29 is 17.9 Å². The Morgan fingerprint density at radius 1 is 1.11 bits per heavy atom. The summed E-state index contributed by atoms with van der Waals surface area (Å²) in [4.78, 5) is 0.294. The van der Waals surface area contributed by atoms with Crippen molar-refractivity contribution in [3.63, 3.8) is 0 Å². The summed E-state index contributed by atoms with van der Waals surface area (Å²) in [7, 11) is -0.281. The molecule has 1 aromatic rings. The van der Waals surface area contributed by atoms with Gasteiger partial charge in [-0.3, -0.25) is 0 Å². The second-order valence-electron chi connectivity index (χ2n) is 4.33. The van der Waals surface area contributed by atoms with Crippen molar-refractivity contribution in [3.8, 4) is 11.5 Å². The molecular weight excluding hydrogens is 266 g/mol. The van der Waals surface area contributed by atoms with Gasteiger partial charge in [-0.15, -0.1) is 0 Å². The molecular formula is C13H21NO4S. The maximum absolute atomic E-state index is 11.8. The minimum atomic E-state index is -3.29. The third kappa shape index (κ3) is 4.11. The predicted molar refractivity (Wildman–Crippen MR) is 74.6 cm³/mol. The van der Waals surface area contributed by atoms with Crippen molar-refractivity contribution in [2.24, 2.45) is 5.73 Å². The van der Waals surface area contributed by atoms with Gasteiger partial charge in [0.15, 0.2) is 21.3 Å². The zero-order chi connectivity index (χ0) is 14.5. The largest absolute Gasteiger partial charge is 0.493 e. The minimum absolute atomic E-state index is 0.294. The van der Waals surface area contributed by atoms with Crippen molar-refractivity contribution in [1.82, 2.24) is 0 Å². The Kier molecular flexibility index (Phi) is 5.62. The molecule has 2 N–H and O–H groups in total. The molecule has 0 radical (unpaired) electrons. The second-order valence-corrected chi connectivity index (χ2v) is 6.32. The summed E-state index contributed by atoms with van der Waals surface area (Å²) in [6, 6.07) is 3.25. The van der Waals surface area contributed by atoms with Crippen molar-refractivity contribution >= 4 is 9.84 Å². The van der Waals surface area contributed by atoms with Crippen LogP contribution in [-0.2, 0) is 16.3 Å². The molecule has 0 atom stereocenters. The third-order valence-electron chi connectivity index (χ3n) is 2.87. The summed E-state index contributed by atoms with van der Waals surface area (Å²) < 4.78 is 34.0. The molecule has 0 saturated carbocycles. The van der Waals surface area contributed by atoms with E-state index in [4.69, 9.17) is 15.2 Å². The molecule has 0 amide bonds. The first-order valence-corrected chi connectivity index (χ1v) is 7.98. The summed E-state index contributed by atoms with van der Waals surface area (Å²) in [6.45, 7) is 0.599. The third-order valence-corrected chi connectivity index (χ3v) is 4.05. The van der Waals surface area contributed by atoms with Gasteiger partial charge in [0.2, 0.25) is 0 Å². The Morgan fingerprint density at radius 2 is 1.68 bits per heavy atom. The first-order valence-electron chi connectivity index (χ1n) is 6.09. The lowest BCUT2D eigenvalue weighted by Crippen LogP contribution is -2.06. The Morgan fingerprint density at radius 3 is 2.16 bits per heavy atom. The number of unbranched alkanes of at least 4 members (excludes halogenated alkanes) is 1. The molecule has 0 heterocycles. The summed E-state index contributed by atoms with van der Waals surface area (Å²) >= 11 is 0. The fraction of sp³-hybridized carbons (Fsp3) is 0.538. The highest BCUT2D eigenvalue weighted by atomic mass is 32.2. The van der Waals surface area contributed by atoms with Crippen molar-refractivity contribution in [1.29, 1.82) is 0 Å². The van der Waals surface area contributed by atoms with Crippen LogP contribution in [0, 0.1) is 0 Å². The number of hydrogen-bond acceptors (Lipinski definition) is 5. The summed E-state index contributed by atoms with van der Waals surface area (Å²) in [6.07, 6.45) is 3.55. The molecule has 1 aromatic carbocycles. The molecule has 0 bridgehead atoms. The van der Waals surface area contributed by atoms with Gasteiger partial charge >= 0.3 is 0 Å². The molecule has 6 heteroatoms. The van der Waals surface area contributed by atoms with E-state index in [1.54, 1.807) is 6.07 Å². The van der Waals surface area contributed by atoms with E-state index in [1.165, 1.54) is 26.5 Å². The normalized spacial score (nSPS) is 11.4. The topological polar surface area (TPSA) is 78.6 Å². The van der Waals surface area contributed by atoms with Crippen LogP contribution in [0.3, 0.4) is 0 Å². The van der Waals surface area contributed by atoms with Crippen LogP contribution >= 0.6 is 0 Å². The van der Waals surface area contributed by atoms with Gasteiger partial charge in [-0.25, -0.2) is 8.42 Å². The molecule has 0 saturated heterocycles. The molecule has 0 aliphatic heterocycles. The Hall–Kier alpha value is -1.27. The lowest BCUT2D eigenvalue weighted by atomic mass is 10.1. The quantitative estimate of drug-likeness (QED) is 0.767. The molecule has 0 aliphatic rings. The van der Waals surface area contributed by atoms with Crippen LogP contribution in [0.15, 0.2) is 17.0 Å². The van der Waals surface area contributed by atoms with Crippen molar-refractivity contribution in [2.75, 3.05) is 27.0 Å². The average molecular weight is 287 g/mol. The molecule has 5 nitrogen and oxygen atoms in total. The van der Waals surface area contributed by atoms with Gasteiger partial charge < -0.3 is 15.2 Å². The van der Waals surface area contributed by atoms with E-state index >= 15 is 0 Å². The van der Waals surface area contributed by atoms with Crippen LogP contribution < -0.4 is 15.2 Å². The Labute approximate surface area is 114 Å². The highest BCUT2D eigenvalue weighted by Crippen LogP contribution is 2.33. The molecule has 0 aliphatic carbocycles. The smallest absolute Gasteiger partial charge is 0.175 e. The number of benzene rings is 1. The number of aryl methyl sites for hydroxylation is 1. The first-order chi connectivity index (χ1) is 8.93. The minimum Gasteiger partial charge on any atom is -0.493 e. The second kappa shape index (κ2) is 6.77. The zero-order valence-corrected chi connectivity index (χ0v) is 12.4. The van der Waals surface area contributed by atoms with Gasteiger partial charge in [0.05, 0.1) is 19.1 Å². The molecule has 0 unspecified atom stereocenters. The van der Waals surface area contributed by atoms with Gasteiger partial charge in [0.25, 0.3) is 0 Å². The van der Waals surface area contributed by atoms with E-state index in [0.717, 1.165) is 18.4 Å². The first kappa shape index (κ1) is 15.8. The lowest BCUT2D eigenvalue weighted by Gasteiger charge is -2.13. The molecule has 19 heavy (non-hydrogen) atoms. The number of sulfone groups is 1. The molecule has 1 rings (SSSR count). The van der Waals surface area contributed by atoms with Crippen molar-refractivity contribution in [3.05, 3.63) is 17.7 Å². The van der Waals surface area contributed by atoms with E-state index < -0.39 is 9.84 Å². The van der Waals surface area contributed by atoms with Crippen LogP contribution in [0.25, 0.3) is 0 Å². The van der Waals surface area contributed by atoms with Gasteiger partial charge in [0, 0.05) is 12.3 Å². The van der Waals surface area contributed by atoms with E-state index in [0.29, 0.717) is 29.4 Å². The van der Waals surface area contributed by atoms with Crippen LogP contribution in [-0.4, -0.2) is 35.4 Å². The molecule has 0 aromatic heterocycles. The van der Waals surface area contributed by atoms with E-state index in [9.17, 15) is 8.42 Å². The highest BCUT2D eigenvalue weighted by molar-refractivity contribution is 7.90. The summed E-state index contributed by atoms with van der Waals surface area (Å²) in [5.41, 5.74) is 6.20. The SMILES string of the molecule is COc1cc(CCCCN)c(S(C)(=O)=O)cc1OC. The van der Waals surface area contributed by atoms with Gasteiger partial charge in [0.1, 0.15) is 0 Å². The summed E-state index contributed by atoms with van der Waals surface area (Å²) in [5, 5.41) is 0. The monoisotopic (exact) mass is 287 g/mol. The van der Waals surface area contributed by atoms with Crippen LogP contribution in [0.5, 0.6) is 11.5 Å².